The molecule has 0 aromatic heterocycles. The molecule has 0 aliphatic heterocycles. The van der Waals surface area contributed by atoms with E-state index in [4.69, 9.17) is 0 Å². The Bertz CT molecular complexity index is 899. The van der Waals surface area contributed by atoms with Gasteiger partial charge in [-0.3, -0.25) is 14.9 Å². The number of carbonyl (C=O) groups excluding carboxylic acids is 2. The number of halogens is 4. The zero-order valence-corrected chi connectivity index (χ0v) is 13.2. The molecule has 2 rings (SSSR count). The molecule has 7 nitrogen and oxygen atoms in total. The van der Waals surface area contributed by atoms with E-state index in [9.17, 15) is 37.3 Å². The second kappa shape index (κ2) is 7.81. The Morgan fingerprint density at radius 1 is 1.15 bits per heavy atom. The van der Waals surface area contributed by atoms with Gasteiger partial charge in [0.2, 0.25) is 0 Å². The number of alkyl halides is 3. The monoisotopic (exact) mass is 386 g/mol. The van der Waals surface area contributed by atoms with Gasteiger partial charge in [-0.05, 0) is 24.3 Å². The predicted octanol–water partition coefficient (Wildman–Crippen LogP) is 3.55. The minimum atomic E-state index is -4.80. The van der Waals surface area contributed by atoms with Crippen LogP contribution in [0.4, 0.5) is 28.9 Å². The zero-order valence-electron chi connectivity index (χ0n) is 13.2. The van der Waals surface area contributed by atoms with Crippen molar-refractivity contribution in [3.8, 4) is 0 Å². The highest BCUT2D eigenvalue weighted by Crippen LogP contribution is 2.32. The third-order valence-corrected chi connectivity index (χ3v) is 3.22. The van der Waals surface area contributed by atoms with Crippen LogP contribution in [-0.2, 0) is 15.7 Å². The number of nitro benzene ring substituents is 1. The van der Waals surface area contributed by atoms with Gasteiger partial charge in [-0.2, -0.15) is 13.2 Å². The molecule has 142 valence electrons. The Hall–Kier alpha value is -3.50. The topological polar surface area (TPSA) is 98.5 Å². The lowest BCUT2D eigenvalue weighted by atomic mass is 10.1. The average molecular weight is 386 g/mol. The fraction of sp³-hybridized carbons (Fsp3) is 0.125. The van der Waals surface area contributed by atoms with Crippen LogP contribution < -0.4 is 5.32 Å². The lowest BCUT2D eigenvalue weighted by Gasteiger charge is -2.12. The molecule has 1 N–H and O–H groups in total. The molecule has 0 fully saturated rings. The van der Waals surface area contributed by atoms with Gasteiger partial charge < -0.3 is 10.1 Å². The van der Waals surface area contributed by atoms with Crippen LogP contribution in [0.2, 0.25) is 0 Å². The zero-order chi connectivity index (χ0) is 20.2. The Morgan fingerprint density at radius 3 is 2.44 bits per heavy atom. The van der Waals surface area contributed by atoms with E-state index in [-0.39, 0.29) is 5.69 Å². The summed E-state index contributed by atoms with van der Waals surface area (Å²) in [6.45, 7) is -1.00. The smallest absolute Gasteiger partial charge is 0.417 e. The van der Waals surface area contributed by atoms with Crippen LogP contribution in [0.5, 0.6) is 0 Å². The van der Waals surface area contributed by atoms with Gasteiger partial charge >= 0.3 is 12.1 Å². The van der Waals surface area contributed by atoms with Crippen molar-refractivity contribution in [1.29, 1.82) is 0 Å². The molecule has 0 spiro atoms. The molecule has 0 aliphatic carbocycles. The van der Waals surface area contributed by atoms with E-state index in [0.29, 0.717) is 12.1 Å². The maximum Gasteiger partial charge on any atom is 0.417 e. The average Bonchev–Trinajstić information content (AvgIpc) is 2.60. The number of nitro groups is 1. The standard InChI is InChI=1S/C16H10F4N2O5/c17-9-5-6-12(13(7-9)22(25)26)21-14(23)8-27-15(24)10-3-1-2-4-11(10)16(18,19)20/h1-7H,8H2,(H,21,23). The number of ether oxygens (including phenoxy) is 1. The molecule has 0 unspecified atom stereocenters. The molecular weight excluding hydrogens is 376 g/mol. The van der Waals surface area contributed by atoms with Gasteiger partial charge in [0.15, 0.2) is 6.61 Å². The molecular formula is C16H10F4N2O5. The van der Waals surface area contributed by atoms with Gasteiger partial charge in [0.05, 0.1) is 22.1 Å². The highest BCUT2D eigenvalue weighted by molar-refractivity contribution is 5.97. The summed E-state index contributed by atoms with van der Waals surface area (Å²) in [7, 11) is 0. The third kappa shape index (κ3) is 5.00. The Kier molecular flexibility index (Phi) is 5.73. The van der Waals surface area contributed by atoms with Crippen molar-refractivity contribution in [2.45, 2.75) is 6.18 Å². The number of hydrogen-bond acceptors (Lipinski definition) is 5. The minimum absolute atomic E-state index is 0.363. The summed E-state index contributed by atoms with van der Waals surface area (Å²) >= 11 is 0. The van der Waals surface area contributed by atoms with Crippen molar-refractivity contribution >= 4 is 23.3 Å². The summed E-state index contributed by atoms with van der Waals surface area (Å²) in [6.07, 6.45) is -4.80. The van der Waals surface area contributed by atoms with E-state index in [0.717, 1.165) is 24.3 Å². The number of hydrogen-bond donors (Lipinski definition) is 1. The first kappa shape index (κ1) is 19.8. The first-order valence-corrected chi connectivity index (χ1v) is 7.16. The molecule has 0 bridgehead atoms. The molecule has 0 aliphatic rings. The summed E-state index contributed by atoms with van der Waals surface area (Å²) in [5.74, 6) is -3.36. The lowest BCUT2D eigenvalue weighted by molar-refractivity contribution is -0.384. The van der Waals surface area contributed by atoms with E-state index in [2.05, 4.69) is 4.74 Å². The third-order valence-electron chi connectivity index (χ3n) is 3.22. The second-order valence-electron chi connectivity index (χ2n) is 5.09. The van der Waals surface area contributed by atoms with E-state index in [1.165, 1.54) is 6.07 Å². The molecule has 2 aromatic carbocycles. The summed E-state index contributed by atoms with van der Waals surface area (Å²) in [4.78, 5) is 33.5. The van der Waals surface area contributed by atoms with Crippen LogP contribution in [0.25, 0.3) is 0 Å². The van der Waals surface area contributed by atoms with Crippen LogP contribution in [0.15, 0.2) is 42.5 Å². The minimum Gasteiger partial charge on any atom is -0.452 e. The largest absolute Gasteiger partial charge is 0.452 e. The van der Waals surface area contributed by atoms with Gasteiger partial charge in [-0.25, -0.2) is 9.18 Å². The summed E-state index contributed by atoms with van der Waals surface area (Å²) in [6, 6.07) is 6.18. The first-order valence-electron chi connectivity index (χ1n) is 7.16. The highest BCUT2D eigenvalue weighted by atomic mass is 19.4. The summed E-state index contributed by atoms with van der Waals surface area (Å²) in [5, 5.41) is 12.9. The molecule has 0 heterocycles. The number of esters is 1. The van der Waals surface area contributed by atoms with E-state index >= 15 is 0 Å². The normalized spacial score (nSPS) is 11.0. The van der Waals surface area contributed by atoms with Crippen molar-refractivity contribution in [2.24, 2.45) is 0 Å². The molecule has 11 heteroatoms. The van der Waals surface area contributed by atoms with Crippen LogP contribution >= 0.6 is 0 Å². The molecule has 0 saturated heterocycles. The van der Waals surface area contributed by atoms with Gasteiger partial charge in [-0.15, -0.1) is 0 Å². The van der Waals surface area contributed by atoms with Crippen molar-refractivity contribution < 1.29 is 36.8 Å². The van der Waals surface area contributed by atoms with Crippen molar-refractivity contribution in [2.75, 3.05) is 11.9 Å². The predicted molar refractivity (Wildman–Crippen MR) is 83.4 cm³/mol. The van der Waals surface area contributed by atoms with E-state index < -0.39 is 52.2 Å². The SMILES string of the molecule is O=C(COC(=O)c1ccccc1C(F)(F)F)Nc1ccc(F)cc1[N+](=O)[O-]. The first-order chi connectivity index (χ1) is 12.6. The maximum atomic E-state index is 13.0. The molecule has 0 atom stereocenters. The van der Waals surface area contributed by atoms with Crippen LogP contribution in [0, 0.1) is 15.9 Å². The molecule has 0 saturated carbocycles. The molecule has 1 amide bonds. The van der Waals surface area contributed by atoms with Crippen LogP contribution in [-0.4, -0.2) is 23.4 Å². The summed E-state index contributed by atoms with van der Waals surface area (Å²) in [5.41, 5.74) is -3.12. The number of rotatable bonds is 5. The highest BCUT2D eigenvalue weighted by Gasteiger charge is 2.35. The summed E-state index contributed by atoms with van der Waals surface area (Å²) < 4.78 is 56.2. The number of anilines is 1. The Labute approximate surface area is 148 Å². The van der Waals surface area contributed by atoms with Crippen LogP contribution in [0.3, 0.4) is 0 Å². The number of carbonyl (C=O) groups is 2. The fourth-order valence-electron chi connectivity index (χ4n) is 2.06. The second-order valence-corrected chi connectivity index (χ2v) is 5.09. The van der Waals surface area contributed by atoms with E-state index in [1.807, 2.05) is 5.32 Å². The number of nitrogens with zero attached hydrogens (tertiary/aromatic N) is 1. The van der Waals surface area contributed by atoms with Crippen LogP contribution in [0.1, 0.15) is 15.9 Å². The van der Waals surface area contributed by atoms with Gasteiger partial charge in [0.25, 0.3) is 11.6 Å². The van der Waals surface area contributed by atoms with Gasteiger partial charge in [0.1, 0.15) is 11.5 Å². The van der Waals surface area contributed by atoms with Gasteiger partial charge in [0, 0.05) is 0 Å². The van der Waals surface area contributed by atoms with Crippen molar-refractivity contribution in [3.05, 3.63) is 69.5 Å². The molecule has 2 aromatic rings. The molecule has 0 radical (unpaired) electrons. The molecule has 27 heavy (non-hydrogen) atoms. The van der Waals surface area contributed by atoms with E-state index in [1.54, 1.807) is 0 Å². The maximum absolute atomic E-state index is 13.0. The quantitative estimate of drug-likeness (QED) is 0.367. The fourth-order valence-corrected chi connectivity index (χ4v) is 2.06. The number of amides is 1. The Balaban J connectivity index is 2.07. The number of nitrogens with one attached hydrogen (secondary N) is 1. The van der Waals surface area contributed by atoms with Crippen molar-refractivity contribution in [1.82, 2.24) is 0 Å². The van der Waals surface area contributed by atoms with Crippen molar-refractivity contribution in [3.63, 3.8) is 0 Å². The van der Waals surface area contributed by atoms with Gasteiger partial charge in [-0.1, -0.05) is 12.1 Å². The number of benzene rings is 2. The Morgan fingerprint density at radius 2 is 1.81 bits per heavy atom. The lowest BCUT2D eigenvalue weighted by Crippen LogP contribution is -2.23.